The molecule has 3 aromatic carbocycles. The molecule has 1 aliphatic heterocycles. The molecular formula is C29H35FN4. The van der Waals surface area contributed by atoms with Crippen LogP contribution < -0.4 is 20.0 Å². The van der Waals surface area contributed by atoms with E-state index in [-0.39, 0.29) is 12.1 Å². The normalized spacial score (nSPS) is 17.2. The lowest BCUT2D eigenvalue weighted by molar-refractivity contribution is 0.626. The topological polar surface area (TPSA) is 21.8 Å². The summed E-state index contributed by atoms with van der Waals surface area (Å²) in [5.41, 5.74) is 9.86. The van der Waals surface area contributed by atoms with Gasteiger partial charge in [-0.25, -0.2) is 4.39 Å². The zero-order chi connectivity index (χ0) is 24.0. The van der Waals surface area contributed by atoms with Crippen LogP contribution in [-0.4, -0.2) is 26.9 Å². The second-order valence-electron chi connectivity index (χ2n) is 10.1. The summed E-state index contributed by atoms with van der Waals surface area (Å²) < 4.78 is 13.5. The van der Waals surface area contributed by atoms with Crippen molar-refractivity contribution in [2.75, 3.05) is 40.7 Å². The van der Waals surface area contributed by atoms with Gasteiger partial charge in [0.05, 0.1) is 17.1 Å². The maximum atomic E-state index is 13.5. The summed E-state index contributed by atoms with van der Waals surface area (Å²) in [5.74, 6) is 0.558. The van der Waals surface area contributed by atoms with Gasteiger partial charge < -0.3 is 20.0 Å². The van der Waals surface area contributed by atoms with Crippen LogP contribution in [-0.2, 0) is 6.54 Å². The van der Waals surface area contributed by atoms with E-state index in [9.17, 15) is 4.39 Å². The molecule has 3 aromatic rings. The number of aryl methyl sites for hydroxylation is 3. The van der Waals surface area contributed by atoms with E-state index in [0.29, 0.717) is 0 Å². The van der Waals surface area contributed by atoms with Crippen LogP contribution in [0.1, 0.15) is 35.1 Å². The Morgan fingerprint density at radius 2 is 1.62 bits per heavy atom. The Kier molecular flexibility index (Phi) is 5.88. The monoisotopic (exact) mass is 458 g/mol. The summed E-state index contributed by atoms with van der Waals surface area (Å²) in [5, 5.41) is 3.82. The van der Waals surface area contributed by atoms with Crippen LogP contribution in [0.4, 0.5) is 27.1 Å². The fourth-order valence-electron chi connectivity index (χ4n) is 5.34. The summed E-state index contributed by atoms with van der Waals surface area (Å²) in [6.45, 7) is 8.31. The molecular weight excluding hydrogens is 423 g/mol. The minimum absolute atomic E-state index is 0.0184. The van der Waals surface area contributed by atoms with Crippen molar-refractivity contribution in [2.24, 2.45) is 5.92 Å². The Morgan fingerprint density at radius 1 is 0.941 bits per heavy atom. The first-order chi connectivity index (χ1) is 16.3. The summed E-state index contributed by atoms with van der Waals surface area (Å²) in [4.78, 5) is 7.16. The molecule has 0 bridgehead atoms. The van der Waals surface area contributed by atoms with Gasteiger partial charge in [0.15, 0.2) is 6.29 Å². The van der Waals surface area contributed by atoms with Crippen molar-refractivity contribution in [1.29, 1.82) is 0 Å². The summed E-state index contributed by atoms with van der Waals surface area (Å²) >= 11 is 0. The Balaban J connectivity index is 1.48. The van der Waals surface area contributed by atoms with Gasteiger partial charge in [0.1, 0.15) is 5.82 Å². The first-order valence-electron chi connectivity index (χ1n) is 12.2. The van der Waals surface area contributed by atoms with E-state index < -0.39 is 0 Å². The molecule has 34 heavy (non-hydrogen) atoms. The summed E-state index contributed by atoms with van der Waals surface area (Å²) in [6.07, 6.45) is 2.60. The highest BCUT2D eigenvalue weighted by atomic mass is 19.1. The Bertz CT molecular complexity index is 1160. The molecule has 178 valence electrons. The number of hydrogen-bond acceptors (Lipinski definition) is 4. The highest BCUT2D eigenvalue weighted by Gasteiger charge is 2.35. The fourth-order valence-corrected chi connectivity index (χ4v) is 5.34. The number of halogens is 1. The molecule has 4 nitrogen and oxygen atoms in total. The number of hydrogen-bond donors (Lipinski definition) is 1. The van der Waals surface area contributed by atoms with Crippen molar-refractivity contribution in [2.45, 2.75) is 46.4 Å². The second-order valence-corrected chi connectivity index (χ2v) is 10.1. The third-order valence-corrected chi connectivity index (χ3v) is 7.21. The van der Waals surface area contributed by atoms with Crippen LogP contribution in [0, 0.1) is 32.5 Å². The summed E-state index contributed by atoms with van der Waals surface area (Å²) in [7, 11) is 4.34. The molecule has 5 heteroatoms. The van der Waals surface area contributed by atoms with Crippen LogP contribution in [0.2, 0.25) is 0 Å². The molecule has 0 saturated heterocycles. The lowest BCUT2D eigenvalue weighted by atomic mass is 10.1. The molecule has 1 aliphatic carbocycles. The molecule has 0 amide bonds. The van der Waals surface area contributed by atoms with E-state index in [1.165, 1.54) is 52.3 Å². The molecule has 1 fully saturated rings. The molecule has 1 atom stereocenters. The Labute approximate surface area is 203 Å². The van der Waals surface area contributed by atoms with Crippen LogP contribution >= 0.6 is 0 Å². The predicted octanol–water partition coefficient (Wildman–Crippen LogP) is 6.45. The number of para-hydroxylation sites is 1. The van der Waals surface area contributed by atoms with Crippen molar-refractivity contribution < 1.29 is 4.39 Å². The van der Waals surface area contributed by atoms with Crippen LogP contribution in [0.5, 0.6) is 0 Å². The number of fused-ring (bicyclic) bond motifs is 1. The number of rotatable bonds is 7. The summed E-state index contributed by atoms with van der Waals surface area (Å²) in [6, 6.07) is 18.0. The highest BCUT2D eigenvalue weighted by molar-refractivity contribution is 5.89. The smallest absolute Gasteiger partial charge is 0.178 e. The van der Waals surface area contributed by atoms with Gasteiger partial charge in [-0.15, -0.1) is 0 Å². The lowest BCUT2D eigenvalue weighted by Crippen LogP contribution is -2.45. The van der Waals surface area contributed by atoms with Crippen molar-refractivity contribution in [3.8, 4) is 0 Å². The van der Waals surface area contributed by atoms with E-state index in [1.54, 1.807) is 12.1 Å². The van der Waals surface area contributed by atoms with Crippen molar-refractivity contribution in [3.05, 3.63) is 82.7 Å². The highest BCUT2D eigenvalue weighted by Crippen LogP contribution is 2.46. The largest absolute Gasteiger partial charge is 0.365 e. The predicted molar refractivity (Wildman–Crippen MR) is 141 cm³/mol. The minimum Gasteiger partial charge on any atom is -0.365 e. The quantitative estimate of drug-likeness (QED) is 0.439. The maximum Gasteiger partial charge on any atom is 0.178 e. The molecule has 2 aliphatic rings. The molecule has 0 spiro atoms. The fraction of sp³-hybridized carbons (Fsp3) is 0.379. The average Bonchev–Trinajstić information content (AvgIpc) is 3.58. The van der Waals surface area contributed by atoms with Gasteiger partial charge in [-0.1, -0.05) is 35.9 Å². The first kappa shape index (κ1) is 22.6. The minimum atomic E-state index is -0.185. The average molecular weight is 459 g/mol. The van der Waals surface area contributed by atoms with Crippen molar-refractivity contribution in [3.63, 3.8) is 0 Å². The molecule has 5 rings (SSSR count). The third kappa shape index (κ3) is 4.31. The Hall–Kier alpha value is -3.21. The SMILES string of the molecule is Cc1cc(C)c(NC2N(C)c3cccc(N(Cc4ccc(F)cc4)CC4CC4)c3N2C)c(C)c1. The number of anilines is 4. The van der Waals surface area contributed by atoms with E-state index in [0.717, 1.165) is 24.6 Å². The van der Waals surface area contributed by atoms with Crippen LogP contribution in [0.3, 0.4) is 0 Å². The van der Waals surface area contributed by atoms with E-state index in [2.05, 4.69) is 85.2 Å². The van der Waals surface area contributed by atoms with Gasteiger partial charge in [0.2, 0.25) is 0 Å². The van der Waals surface area contributed by atoms with Crippen molar-refractivity contribution >= 4 is 22.7 Å². The van der Waals surface area contributed by atoms with E-state index in [1.807, 2.05) is 12.1 Å². The first-order valence-corrected chi connectivity index (χ1v) is 12.2. The molecule has 0 radical (unpaired) electrons. The van der Waals surface area contributed by atoms with E-state index in [4.69, 9.17) is 0 Å². The van der Waals surface area contributed by atoms with Crippen LogP contribution in [0.25, 0.3) is 0 Å². The van der Waals surface area contributed by atoms with Crippen LogP contribution in [0.15, 0.2) is 54.6 Å². The molecule has 1 heterocycles. The number of nitrogens with one attached hydrogen (secondary N) is 1. The standard InChI is InChI=1S/C29H35FN4/c1-19-15-20(2)27(21(3)16-19)31-29-32(4)25-7-6-8-26(28(25)33(29)5)34(17-22-9-10-22)18-23-11-13-24(30)14-12-23/h6-8,11-16,22,29,31H,9-10,17-18H2,1-5H3. The zero-order valence-electron chi connectivity index (χ0n) is 20.9. The third-order valence-electron chi connectivity index (χ3n) is 7.21. The van der Waals surface area contributed by atoms with Gasteiger partial charge in [-0.3, -0.25) is 0 Å². The number of nitrogens with zero attached hydrogens (tertiary/aromatic N) is 3. The molecule has 1 N–H and O–H groups in total. The van der Waals surface area contributed by atoms with Gasteiger partial charge in [-0.2, -0.15) is 0 Å². The number of benzene rings is 3. The molecule has 1 saturated carbocycles. The van der Waals surface area contributed by atoms with Crippen molar-refractivity contribution in [1.82, 2.24) is 0 Å². The van der Waals surface area contributed by atoms with Gasteiger partial charge in [-0.05, 0) is 80.5 Å². The zero-order valence-corrected chi connectivity index (χ0v) is 20.9. The molecule has 0 aromatic heterocycles. The van der Waals surface area contributed by atoms with Gasteiger partial charge in [0.25, 0.3) is 0 Å². The lowest BCUT2D eigenvalue weighted by Gasteiger charge is -2.32. The van der Waals surface area contributed by atoms with Gasteiger partial charge in [0, 0.05) is 32.9 Å². The Morgan fingerprint density at radius 3 is 2.26 bits per heavy atom. The van der Waals surface area contributed by atoms with Gasteiger partial charge >= 0.3 is 0 Å². The maximum absolute atomic E-state index is 13.5. The van der Waals surface area contributed by atoms with E-state index >= 15 is 0 Å². The molecule has 1 unspecified atom stereocenters. The second kappa shape index (κ2) is 8.86.